The first-order valence-corrected chi connectivity index (χ1v) is 8.86. The number of benzene rings is 1. The van der Waals surface area contributed by atoms with Gasteiger partial charge in [-0.25, -0.2) is 4.68 Å². The number of carbonyl (C=O) groups excluding carboxylic acids is 1. The molecule has 0 aliphatic rings. The van der Waals surface area contributed by atoms with Gasteiger partial charge >= 0.3 is 0 Å². The fourth-order valence-electron chi connectivity index (χ4n) is 2.86. The molecule has 0 spiro atoms. The van der Waals surface area contributed by atoms with E-state index >= 15 is 0 Å². The van der Waals surface area contributed by atoms with Gasteiger partial charge in [-0.1, -0.05) is 29.8 Å². The van der Waals surface area contributed by atoms with Crippen LogP contribution in [0.3, 0.4) is 0 Å². The van der Waals surface area contributed by atoms with Crippen molar-refractivity contribution in [1.29, 1.82) is 0 Å². The molecule has 0 fully saturated rings. The molecule has 0 N–H and O–H groups in total. The second-order valence-electron chi connectivity index (χ2n) is 6.54. The van der Waals surface area contributed by atoms with Gasteiger partial charge in [0.2, 0.25) is 5.91 Å². The van der Waals surface area contributed by atoms with Crippen LogP contribution in [0.25, 0.3) is 5.69 Å². The molecule has 1 amide bonds. The number of carbonyl (C=O) groups is 1. The van der Waals surface area contributed by atoms with Crippen molar-refractivity contribution in [1.82, 2.24) is 14.7 Å². The maximum Gasteiger partial charge on any atom is 0.227 e. The highest BCUT2D eigenvalue weighted by Crippen LogP contribution is 2.23. The second kappa shape index (κ2) is 7.87. The fraction of sp³-hybridized carbons (Fsp3) is 0.400. The molecule has 0 bridgehead atoms. The zero-order valence-corrected chi connectivity index (χ0v) is 16.4. The van der Waals surface area contributed by atoms with E-state index in [0.29, 0.717) is 24.5 Å². The van der Waals surface area contributed by atoms with Crippen molar-refractivity contribution in [2.45, 2.75) is 41.0 Å². The molecule has 5 heteroatoms. The smallest absolute Gasteiger partial charge is 0.227 e. The van der Waals surface area contributed by atoms with Gasteiger partial charge in [0.15, 0.2) is 0 Å². The number of hydrogen-bond donors (Lipinski definition) is 0. The summed E-state index contributed by atoms with van der Waals surface area (Å²) in [5, 5.41) is 5.33. The lowest BCUT2D eigenvalue weighted by Crippen LogP contribution is -2.33. The van der Waals surface area contributed by atoms with Gasteiger partial charge in [-0.15, -0.1) is 0 Å². The van der Waals surface area contributed by atoms with Crippen LogP contribution in [0.4, 0.5) is 0 Å². The summed E-state index contributed by atoms with van der Waals surface area (Å²) in [6.45, 7) is 15.0. The number of aromatic nitrogens is 2. The van der Waals surface area contributed by atoms with Crippen LogP contribution in [0.1, 0.15) is 36.4 Å². The first-order chi connectivity index (χ1) is 11.7. The Morgan fingerprint density at radius 1 is 1.32 bits per heavy atom. The summed E-state index contributed by atoms with van der Waals surface area (Å²) >= 11 is 6.25. The van der Waals surface area contributed by atoms with E-state index < -0.39 is 0 Å². The highest BCUT2D eigenvalue weighted by Gasteiger charge is 2.19. The maximum absolute atomic E-state index is 12.7. The Hall–Kier alpha value is -2.07. The molecule has 1 aromatic heterocycles. The van der Waals surface area contributed by atoms with Crippen molar-refractivity contribution in [2.75, 3.05) is 13.1 Å². The van der Waals surface area contributed by atoms with Crippen molar-refractivity contribution < 1.29 is 4.79 Å². The lowest BCUT2D eigenvalue weighted by Gasteiger charge is -2.21. The zero-order chi connectivity index (χ0) is 18.7. The van der Waals surface area contributed by atoms with Crippen LogP contribution in [0, 0.1) is 20.8 Å². The SMILES string of the molecule is C=C(C)CN(CC)C(=O)Cc1c(C)nn(-c2ccc(C)c(Cl)c2)c1C. The largest absolute Gasteiger partial charge is 0.339 e. The van der Waals surface area contributed by atoms with Crippen LogP contribution >= 0.6 is 11.6 Å². The van der Waals surface area contributed by atoms with Gasteiger partial charge in [0, 0.05) is 29.4 Å². The van der Waals surface area contributed by atoms with Gasteiger partial charge in [-0.05, 0) is 52.3 Å². The first kappa shape index (κ1) is 19.3. The molecular formula is C20H26ClN3O. The molecule has 1 aromatic carbocycles. The van der Waals surface area contributed by atoms with Crippen LogP contribution in [0.15, 0.2) is 30.4 Å². The third kappa shape index (κ3) is 4.31. The lowest BCUT2D eigenvalue weighted by molar-refractivity contribution is -0.129. The van der Waals surface area contributed by atoms with E-state index in [1.54, 1.807) is 0 Å². The van der Waals surface area contributed by atoms with Crippen LogP contribution in [0.5, 0.6) is 0 Å². The number of amides is 1. The monoisotopic (exact) mass is 359 g/mol. The molecule has 2 aromatic rings. The molecule has 0 saturated heterocycles. The summed E-state index contributed by atoms with van der Waals surface area (Å²) in [6, 6.07) is 5.87. The van der Waals surface area contributed by atoms with E-state index in [1.807, 2.05) is 62.4 Å². The summed E-state index contributed by atoms with van der Waals surface area (Å²) in [7, 11) is 0. The van der Waals surface area contributed by atoms with E-state index in [-0.39, 0.29) is 5.91 Å². The summed E-state index contributed by atoms with van der Waals surface area (Å²) in [4.78, 5) is 14.5. The van der Waals surface area contributed by atoms with Gasteiger partial charge in [0.05, 0.1) is 17.8 Å². The Morgan fingerprint density at radius 3 is 2.56 bits per heavy atom. The van der Waals surface area contributed by atoms with Gasteiger partial charge in [-0.3, -0.25) is 4.79 Å². The Bertz CT molecular complexity index is 808. The normalized spacial score (nSPS) is 10.8. The van der Waals surface area contributed by atoms with E-state index in [9.17, 15) is 4.79 Å². The van der Waals surface area contributed by atoms with E-state index in [4.69, 9.17) is 11.6 Å². The van der Waals surface area contributed by atoms with E-state index in [0.717, 1.165) is 33.8 Å². The van der Waals surface area contributed by atoms with Gasteiger partial charge < -0.3 is 4.90 Å². The van der Waals surface area contributed by atoms with Crippen molar-refractivity contribution in [3.05, 3.63) is 57.9 Å². The molecular weight excluding hydrogens is 334 g/mol. The Morgan fingerprint density at radius 2 is 2.00 bits per heavy atom. The van der Waals surface area contributed by atoms with Crippen molar-refractivity contribution in [2.24, 2.45) is 0 Å². The molecule has 134 valence electrons. The molecule has 4 nitrogen and oxygen atoms in total. The predicted molar refractivity (Wildman–Crippen MR) is 104 cm³/mol. The molecule has 0 atom stereocenters. The molecule has 0 aliphatic carbocycles. The molecule has 0 saturated carbocycles. The number of nitrogens with zero attached hydrogens (tertiary/aromatic N) is 3. The summed E-state index contributed by atoms with van der Waals surface area (Å²) in [5.41, 5.74) is 5.73. The maximum atomic E-state index is 12.7. The minimum atomic E-state index is 0.0955. The first-order valence-electron chi connectivity index (χ1n) is 8.48. The summed E-state index contributed by atoms with van der Waals surface area (Å²) in [5.74, 6) is 0.0955. The van der Waals surface area contributed by atoms with Crippen molar-refractivity contribution >= 4 is 17.5 Å². The number of rotatable bonds is 6. The molecule has 0 aliphatic heterocycles. The molecule has 25 heavy (non-hydrogen) atoms. The minimum absolute atomic E-state index is 0.0955. The average Bonchev–Trinajstić information content (AvgIpc) is 2.83. The predicted octanol–water partition coefficient (Wildman–Crippen LogP) is 4.42. The van der Waals surface area contributed by atoms with Gasteiger partial charge in [0.25, 0.3) is 0 Å². The zero-order valence-electron chi connectivity index (χ0n) is 15.7. The van der Waals surface area contributed by atoms with Gasteiger partial charge in [0.1, 0.15) is 0 Å². The third-order valence-corrected chi connectivity index (χ3v) is 4.77. The number of halogens is 1. The summed E-state index contributed by atoms with van der Waals surface area (Å²) < 4.78 is 1.86. The van der Waals surface area contributed by atoms with Crippen molar-refractivity contribution in [3.8, 4) is 5.69 Å². The van der Waals surface area contributed by atoms with Crippen LogP contribution in [-0.2, 0) is 11.2 Å². The average molecular weight is 360 g/mol. The molecule has 0 radical (unpaired) electrons. The Balaban J connectivity index is 2.31. The third-order valence-electron chi connectivity index (χ3n) is 4.36. The lowest BCUT2D eigenvalue weighted by atomic mass is 10.1. The number of aryl methyl sites for hydroxylation is 2. The summed E-state index contributed by atoms with van der Waals surface area (Å²) in [6.07, 6.45) is 0.346. The minimum Gasteiger partial charge on any atom is -0.339 e. The van der Waals surface area contributed by atoms with Crippen LogP contribution in [0.2, 0.25) is 5.02 Å². The highest BCUT2D eigenvalue weighted by molar-refractivity contribution is 6.31. The number of hydrogen-bond acceptors (Lipinski definition) is 2. The highest BCUT2D eigenvalue weighted by atomic mass is 35.5. The van der Waals surface area contributed by atoms with Crippen LogP contribution in [-0.4, -0.2) is 33.7 Å². The quantitative estimate of drug-likeness (QED) is 0.716. The Labute approximate surface area is 155 Å². The second-order valence-corrected chi connectivity index (χ2v) is 6.94. The van der Waals surface area contributed by atoms with Crippen molar-refractivity contribution in [3.63, 3.8) is 0 Å². The Kier molecular flexibility index (Phi) is 6.07. The van der Waals surface area contributed by atoms with Crippen LogP contribution < -0.4 is 0 Å². The topological polar surface area (TPSA) is 38.1 Å². The molecule has 1 heterocycles. The van der Waals surface area contributed by atoms with Gasteiger partial charge in [-0.2, -0.15) is 5.10 Å². The fourth-order valence-corrected chi connectivity index (χ4v) is 3.04. The standard InChI is InChI=1S/C20H26ClN3O/c1-7-23(12-13(2)3)20(25)11-18-15(5)22-24(16(18)6)17-9-8-14(4)19(21)10-17/h8-10H,2,7,11-12H2,1,3-6H3. The van der Waals surface area contributed by atoms with E-state index in [2.05, 4.69) is 11.7 Å². The molecule has 2 rings (SSSR count). The van der Waals surface area contributed by atoms with E-state index in [1.165, 1.54) is 0 Å². The number of likely N-dealkylation sites (N-methyl/N-ethyl adjacent to an activating group) is 1. The molecule has 0 unspecified atom stereocenters.